The van der Waals surface area contributed by atoms with Crippen molar-refractivity contribution in [3.05, 3.63) is 35.6 Å². The molecule has 108 valence electrons. The number of carbonyl (C=O) groups is 2. The zero-order valence-corrected chi connectivity index (χ0v) is 11.1. The summed E-state index contributed by atoms with van der Waals surface area (Å²) in [5, 5.41) is 11.8. The van der Waals surface area contributed by atoms with Gasteiger partial charge in [0.25, 0.3) is 0 Å². The SMILES string of the molecule is O=C(O)C1CCCC1C(=O)NCCc1ccc(F)cc1. The van der Waals surface area contributed by atoms with E-state index in [1.165, 1.54) is 12.1 Å². The average Bonchev–Trinajstić information content (AvgIpc) is 2.90. The van der Waals surface area contributed by atoms with Crippen LogP contribution in [0, 0.1) is 17.7 Å². The quantitative estimate of drug-likeness (QED) is 0.866. The first-order chi connectivity index (χ1) is 9.58. The molecule has 0 saturated heterocycles. The number of carboxylic acids is 1. The van der Waals surface area contributed by atoms with Crippen molar-refractivity contribution in [3.8, 4) is 0 Å². The van der Waals surface area contributed by atoms with Crippen molar-refractivity contribution in [2.75, 3.05) is 6.54 Å². The summed E-state index contributed by atoms with van der Waals surface area (Å²) in [6.07, 6.45) is 2.61. The maximum atomic E-state index is 12.7. The third kappa shape index (κ3) is 3.56. The summed E-state index contributed by atoms with van der Waals surface area (Å²) in [4.78, 5) is 23.0. The Morgan fingerprint density at radius 1 is 1.20 bits per heavy atom. The lowest BCUT2D eigenvalue weighted by Gasteiger charge is -2.15. The predicted molar refractivity (Wildman–Crippen MR) is 71.6 cm³/mol. The molecular weight excluding hydrogens is 261 g/mol. The molecule has 1 aliphatic carbocycles. The van der Waals surface area contributed by atoms with Gasteiger partial charge in [-0.2, -0.15) is 0 Å². The fourth-order valence-electron chi connectivity index (χ4n) is 2.68. The molecule has 1 amide bonds. The highest BCUT2D eigenvalue weighted by Gasteiger charge is 2.37. The highest BCUT2D eigenvalue weighted by molar-refractivity contribution is 5.85. The highest BCUT2D eigenvalue weighted by atomic mass is 19.1. The second kappa shape index (κ2) is 6.50. The van der Waals surface area contributed by atoms with Crippen molar-refractivity contribution in [1.82, 2.24) is 5.32 Å². The van der Waals surface area contributed by atoms with E-state index in [1.807, 2.05) is 0 Å². The van der Waals surface area contributed by atoms with Gasteiger partial charge in [0.15, 0.2) is 0 Å². The molecule has 1 saturated carbocycles. The van der Waals surface area contributed by atoms with E-state index in [1.54, 1.807) is 12.1 Å². The molecule has 0 spiro atoms. The predicted octanol–water partition coefficient (Wildman–Crippen LogP) is 1.99. The lowest BCUT2D eigenvalue weighted by Crippen LogP contribution is -2.36. The summed E-state index contributed by atoms with van der Waals surface area (Å²) in [6.45, 7) is 0.438. The number of halogens is 1. The molecule has 0 bridgehead atoms. The van der Waals surface area contributed by atoms with Crippen LogP contribution in [0.2, 0.25) is 0 Å². The van der Waals surface area contributed by atoms with Gasteiger partial charge in [0.05, 0.1) is 11.8 Å². The van der Waals surface area contributed by atoms with E-state index in [-0.39, 0.29) is 11.7 Å². The topological polar surface area (TPSA) is 66.4 Å². The second-order valence-electron chi connectivity index (χ2n) is 5.15. The summed E-state index contributed by atoms with van der Waals surface area (Å²) >= 11 is 0. The molecule has 5 heteroatoms. The number of carboxylic acid groups (broad SMARTS) is 1. The van der Waals surface area contributed by atoms with Crippen LogP contribution in [-0.2, 0) is 16.0 Å². The average molecular weight is 279 g/mol. The van der Waals surface area contributed by atoms with Gasteiger partial charge in [-0.3, -0.25) is 9.59 Å². The number of aliphatic carboxylic acids is 1. The van der Waals surface area contributed by atoms with Gasteiger partial charge >= 0.3 is 5.97 Å². The second-order valence-corrected chi connectivity index (χ2v) is 5.15. The normalized spacial score (nSPS) is 21.6. The Morgan fingerprint density at radius 3 is 2.50 bits per heavy atom. The Hall–Kier alpha value is -1.91. The van der Waals surface area contributed by atoms with Crippen LogP contribution in [0.25, 0.3) is 0 Å². The number of hydrogen-bond donors (Lipinski definition) is 2. The number of amides is 1. The van der Waals surface area contributed by atoms with Crippen LogP contribution in [-0.4, -0.2) is 23.5 Å². The Labute approximate surface area is 117 Å². The van der Waals surface area contributed by atoms with Gasteiger partial charge < -0.3 is 10.4 Å². The Kier molecular flexibility index (Phi) is 4.71. The first-order valence-corrected chi connectivity index (χ1v) is 6.83. The minimum absolute atomic E-state index is 0.183. The van der Waals surface area contributed by atoms with Crippen molar-refractivity contribution >= 4 is 11.9 Å². The first-order valence-electron chi connectivity index (χ1n) is 6.83. The summed E-state index contributed by atoms with van der Waals surface area (Å²) in [5.74, 6) is -2.33. The summed E-state index contributed by atoms with van der Waals surface area (Å²) in [7, 11) is 0. The molecule has 1 fully saturated rings. The van der Waals surface area contributed by atoms with Gasteiger partial charge in [0.1, 0.15) is 5.82 Å². The highest BCUT2D eigenvalue weighted by Crippen LogP contribution is 2.31. The Morgan fingerprint density at radius 2 is 1.85 bits per heavy atom. The van der Waals surface area contributed by atoms with Gasteiger partial charge in [-0.25, -0.2) is 4.39 Å². The lowest BCUT2D eigenvalue weighted by atomic mass is 9.95. The monoisotopic (exact) mass is 279 g/mol. The van der Waals surface area contributed by atoms with Crippen LogP contribution in [0.4, 0.5) is 4.39 Å². The molecule has 20 heavy (non-hydrogen) atoms. The number of benzene rings is 1. The molecule has 1 aromatic carbocycles. The van der Waals surface area contributed by atoms with E-state index in [0.29, 0.717) is 25.8 Å². The van der Waals surface area contributed by atoms with Crippen LogP contribution in [0.15, 0.2) is 24.3 Å². The van der Waals surface area contributed by atoms with E-state index in [0.717, 1.165) is 12.0 Å². The van der Waals surface area contributed by atoms with Crippen molar-refractivity contribution < 1.29 is 19.1 Å². The molecule has 2 unspecified atom stereocenters. The van der Waals surface area contributed by atoms with Crippen LogP contribution >= 0.6 is 0 Å². The van der Waals surface area contributed by atoms with Gasteiger partial charge in [-0.1, -0.05) is 18.6 Å². The van der Waals surface area contributed by atoms with Crippen molar-refractivity contribution in [1.29, 1.82) is 0 Å². The fourth-order valence-corrected chi connectivity index (χ4v) is 2.68. The number of rotatable bonds is 5. The van der Waals surface area contributed by atoms with E-state index in [4.69, 9.17) is 5.11 Å². The van der Waals surface area contributed by atoms with Crippen molar-refractivity contribution in [2.45, 2.75) is 25.7 Å². The molecule has 4 nitrogen and oxygen atoms in total. The number of hydrogen-bond acceptors (Lipinski definition) is 2. The molecule has 2 atom stereocenters. The molecule has 2 rings (SSSR count). The smallest absolute Gasteiger partial charge is 0.307 e. The summed E-state index contributed by atoms with van der Waals surface area (Å²) in [5.41, 5.74) is 0.938. The summed E-state index contributed by atoms with van der Waals surface area (Å²) in [6, 6.07) is 6.12. The van der Waals surface area contributed by atoms with Gasteiger partial charge in [0, 0.05) is 6.54 Å². The molecule has 1 aliphatic rings. The zero-order valence-electron chi connectivity index (χ0n) is 11.1. The zero-order chi connectivity index (χ0) is 14.5. The third-order valence-electron chi connectivity index (χ3n) is 3.80. The maximum absolute atomic E-state index is 12.7. The Bertz CT molecular complexity index is 486. The van der Waals surface area contributed by atoms with E-state index in [9.17, 15) is 14.0 Å². The molecule has 0 aliphatic heterocycles. The minimum atomic E-state index is -0.888. The molecular formula is C15H18FNO3. The van der Waals surface area contributed by atoms with E-state index in [2.05, 4.69) is 5.32 Å². The van der Waals surface area contributed by atoms with Crippen molar-refractivity contribution in [2.24, 2.45) is 11.8 Å². The van der Waals surface area contributed by atoms with E-state index >= 15 is 0 Å². The Balaban J connectivity index is 1.80. The van der Waals surface area contributed by atoms with Crippen LogP contribution in [0.5, 0.6) is 0 Å². The third-order valence-corrected chi connectivity index (χ3v) is 3.80. The van der Waals surface area contributed by atoms with E-state index < -0.39 is 17.8 Å². The minimum Gasteiger partial charge on any atom is -0.481 e. The number of carbonyl (C=O) groups excluding carboxylic acids is 1. The maximum Gasteiger partial charge on any atom is 0.307 e. The van der Waals surface area contributed by atoms with Gasteiger partial charge in [-0.05, 0) is 37.0 Å². The molecule has 2 N–H and O–H groups in total. The molecule has 0 radical (unpaired) electrons. The summed E-state index contributed by atoms with van der Waals surface area (Å²) < 4.78 is 12.7. The van der Waals surface area contributed by atoms with Crippen LogP contribution in [0.3, 0.4) is 0 Å². The van der Waals surface area contributed by atoms with Crippen LogP contribution in [0.1, 0.15) is 24.8 Å². The van der Waals surface area contributed by atoms with Crippen molar-refractivity contribution in [3.63, 3.8) is 0 Å². The standard InChI is InChI=1S/C15H18FNO3/c16-11-6-4-10(5-7-11)8-9-17-14(18)12-2-1-3-13(12)15(19)20/h4-7,12-13H,1-3,8-9H2,(H,17,18)(H,19,20). The number of nitrogens with one attached hydrogen (secondary N) is 1. The molecule has 0 aromatic heterocycles. The van der Waals surface area contributed by atoms with Gasteiger partial charge in [-0.15, -0.1) is 0 Å². The van der Waals surface area contributed by atoms with Crippen LogP contribution < -0.4 is 5.32 Å². The molecule has 0 heterocycles. The fraction of sp³-hybridized carbons (Fsp3) is 0.467. The lowest BCUT2D eigenvalue weighted by molar-refractivity contribution is -0.146. The molecule has 1 aromatic rings. The largest absolute Gasteiger partial charge is 0.481 e. The van der Waals surface area contributed by atoms with Gasteiger partial charge in [0.2, 0.25) is 5.91 Å². The first kappa shape index (κ1) is 14.5.